The second-order valence-electron chi connectivity index (χ2n) is 3.53. The van der Waals surface area contributed by atoms with E-state index < -0.39 is 40.1 Å². The van der Waals surface area contributed by atoms with Crippen molar-refractivity contribution >= 4 is 11.6 Å². The molecule has 0 aromatic heterocycles. The molecule has 0 atom stereocenters. The maximum atomic E-state index is 13.1. The Hall–Kier alpha value is -2.50. The van der Waals surface area contributed by atoms with Crippen molar-refractivity contribution in [2.75, 3.05) is 0 Å². The maximum Gasteiger partial charge on any atom is 0.483 e. The average molecular weight is 315 g/mol. The van der Waals surface area contributed by atoms with Gasteiger partial charge in [-0.3, -0.25) is 20.3 Å². The standard InChI is InChI=1S/C9H6F5N3O4/c10-8(11,12)4-1-2-6(5(3-4)17(19)20)21-9(13,14)7(18)16-15/h1-3H,15H2,(H,16,18). The predicted molar refractivity (Wildman–Crippen MR) is 56.0 cm³/mol. The smallest absolute Gasteiger partial charge is 0.418 e. The first-order valence-corrected chi connectivity index (χ1v) is 4.92. The zero-order valence-corrected chi connectivity index (χ0v) is 9.78. The summed E-state index contributed by atoms with van der Waals surface area (Å²) in [4.78, 5) is 19.9. The van der Waals surface area contributed by atoms with Crippen molar-refractivity contribution in [3.8, 4) is 5.75 Å². The zero-order valence-electron chi connectivity index (χ0n) is 9.78. The first-order valence-electron chi connectivity index (χ1n) is 4.92. The molecule has 1 aromatic rings. The van der Waals surface area contributed by atoms with Crippen LogP contribution in [0.25, 0.3) is 0 Å². The molecule has 1 aromatic carbocycles. The van der Waals surface area contributed by atoms with Gasteiger partial charge in [0.2, 0.25) is 5.75 Å². The third kappa shape index (κ3) is 3.75. The summed E-state index contributed by atoms with van der Waals surface area (Å²) in [7, 11) is 0. The third-order valence-electron chi connectivity index (χ3n) is 2.12. The lowest BCUT2D eigenvalue weighted by Crippen LogP contribution is -2.47. The van der Waals surface area contributed by atoms with Crippen molar-refractivity contribution in [2.24, 2.45) is 5.84 Å². The fraction of sp³-hybridized carbons (Fsp3) is 0.222. The van der Waals surface area contributed by atoms with Crippen LogP contribution < -0.4 is 16.0 Å². The van der Waals surface area contributed by atoms with Gasteiger partial charge in [0, 0.05) is 6.07 Å². The van der Waals surface area contributed by atoms with Crippen molar-refractivity contribution in [1.82, 2.24) is 5.43 Å². The number of nitrogens with zero attached hydrogens (tertiary/aromatic N) is 1. The molecule has 7 nitrogen and oxygen atoms in total. The lowest BCUT2D eigenvalue weighted by Gasteiger charge is -2.16. The number of nitrogens with one attached hydrogen (secondary N) is 1. The Kier molecular flexibility index (Phi) is 4.32. The van der Waals surface area contributed by atoms with E-state index in [1.165, 1.54) is 0 Å². The van der Waals surface area contributed by atoms with Crippen LogP contribution in [0.3, 0.4) is 0 Å². The molecule has 116 valence electrons. The van der Waals surface area contributed by atoms with E-state index in [1.807, 2.05) is 0 Å². The zero-order chi connectivity index (χ0) is 16.4. The van der Waals surface area contributed by atoms with Gasteiger partial charge in [-0.2, -0.15) is 22.0 Å². The number of amides is 1. The second-order valence-corrected chi connectivity index (χ2v) is 3.53. The molecular formula is C9H6F5N3O4. The monoisotopic (exact) mass is 315 g/mol. The molecule has 12 heteroatoms. The van der Waals surface area contributed by atoms with Gasteiger partial charge < -0.3 is 4.74 Å². The van der Waals surface area contributed by atoms with Gasteiger partial charge in [-0.25, -0.2) is 5.84 Å². The second kappa shape index (κ2) is 5.47. The highest BCUT2D eigenvalue weighted by molar-refractivity contribution is 5.81. The van der Waals surface area contributed by atoms with Gasteiger partial charge in [0.05, 0.1) is 10.5 Å². The highest BCUT2D eigenvalue weighted by Gasteiger charge is 2.44. The van der Waals surface area contributed by atoms with Gasteiger partial charge in [0.15, 0.2) is 0 Å². The average Bonchev–Trinajstić information content (AvgIpc) is 2.36. The molecule has 0 saturated carbocycles. The van der Waals surface area contributed by atoms with Crippen LogP contribution in [0.5, 0.6) is 5.75 Å². The number of alkyl halides is 5. The molecule has 0 aliphatic heterocycles. The Morgan fingerprint density at radius 1 is 1.29 bits per heavy atom. The summed E-state index contributed by atoms with van der Waals surface area (Å²) < 4.78 is 67.2. The van der Waals surface area contributed by atoms with Crippen LogP contribution in [0.1, 0.15) is 5.56 Å². The fourth-order valence-corrected chi connectivity index (χ4v) is 1.19. The molecule has 21 heavy (non-hydrogen) atoms. The lowest BCUT2D eigenvalue weighted by atomic mass is 10.2. The van der Waals surface area contributed by atoms with E-state index in [1.54, 1.807) is 0 Å². The Morgan fingerprint density at radius 2 is 1.86 bits per heavy atom. The molecular weight excluding hydrogens is 309 g/mol. The molecule has 0 fully saturated rings. The van der Waals surface area contributed by atoms with E-state index >= 15 is 0 Å². The van der Waals surface area contributed by atoms with Crippen LogP contribution in [0, 0.1) is 10.1 Å². The molecule has 0 aliphatic rings. The number of rotatable bonds is 4. The van der Waals surface area contributed by atoms with Crippen LogP contribution in [0.4, 0.5) is 27.6 Å². The number of nitro benzene ring substituents is 1. The largest absolute Gasteiger partial charge is 0.483 e. The molecule has 3 N–H and O–H groups in total. The van der Waals surface area contributed by atoms with E-state index in [9.17, 15) is 36.9 Å². The molecule has 0 bridgehead atoms. The topological polar surface area (TPSA) is 107 Å². The minimum atomic E-state index is -4.92. The van der Waals surface area contributed by atoms with Gasteiger partial charge >= 0.3 is 23.9 Å². The van der Waals surface area contributed by atoms with Crippen molar-refractivity contribution in [3.05, 3.63) is 33.9 Å². The number of carbonyl (C=O) groups is 1. The molecule has 0 aliphatic carbocycles. The Morgan fingerprint density at radius 3 is 2.29 bits per heavy atom. The van der Waals surface area contributed by atoms with E-state index in [2.05, 4.69) is 10.6 Å². The van der Waals surface area contributed by atoms with Gasteiger partial charge in [0.1, 0.15) is 0 Å². The third-order valence-corrected chi connectivity index (χ3v) is 2.12. The van der Waals surface area contributed by atoms with Gasteiger partial charge in [-0.15, -0.1) is 0 Å². The van der Waals surface area contributed by atoms with E-state index in [0.717, 1.165) is 5.43 Å². The number of ether oxygens (including phenoxy) is 1. The minimum absolute atomic E-state index is 0.00572. The van der Waals surface area contributed by atoms with Crippen molar-refractivity contribution in [3.63, 3.8) is 0 Å². The van der Waals surface area contributed by atoms with Crippen LogP contribution in [-0.4, -0.2) is 16.9 Å². The van der Waals surface area contributed by atoms with Crippen LogP contribution in [-0.2, 0) is 11.0 Å². The molecule has 0 radical (unpaired) electrons. The summed E-state index contributed by atoms with van der Waals surface area (Å²) >= 11 is 0. The van der Waals surface area contributed by atoms with E-state index in [4.69, 9.17) is 0 Å². The van der Waals surface area contributed by atoms with Crippen molar-refractivity contribution in [1.29, 1.82) is 0 Å². The number of hydrogen-bond donors (Lipinski definition) is 2. The highest BCUT2D eigenvalue weighted by Crippen LogP contribution is 2.37. The predicted octanol–water partition coefficient (Wildman–Crippen LogP) is 1.58. The number of carbonyl (C=O) groups excluding carboxylic acids is 1. The van der Waals surface area contributed by atoms with Gasteiger partial charge in [0.25, 0.3) is 0 Å². The Bertz CT molecular complexity index is 575. The van der Waals surface area contributed by atoms with Crippen LogP contribution in [0.15, 0.2) is 18.2 Å². The number of halogens is 5. The van der Waals surface area contributed by atoms with E-state index in [-0.39, 0.29) is 6.07 Å². The molecule has 0 saturated heterocycles. The van der Waals surface area contributed by atoms with E-state index in [0.29, 0.717) is 12.1 Å². The number of hydrazine groups is 1. The quantitative estimate of drug-likeness (QED) is 0.288. The number of nitrogens with two attached hydrogens (primary N) is 1. The Labute approximate surface area is 112 Å². The van der Waals surface area contributed by atoms with Gasteiger partial charge in [-0.1, -0.05) is 0 Å². The van der Waals surface area contributed by atoms with Crippen molar-refractivity contribution in [2.45, 2.75) is 12.3 Å². The fourth-order valence-electron chi connectivity index (χ4n) is 1.19. The Balaban J connectivity index is 3.26. The van der Waals surface area contributed by atoms with Gasteiger partial charge in [-0.05, 0) is 12.1 Å². The molecule has 0 heterocycles. The van der Waals surface area contributed by atoms with Crippen LogP contribution in [0.2, 0.25) is 0 Å². The SMILES string of the molecule is NNC(=O)C(F)(F)Oc1ccc(C(F)(F)F)cc1[N+](=O)[O-]. The number of benzene rings is 1. The summed E-state index contributed by atoms with van der Waals surface area (Å²) in [5.41, 5.74) is -1.77. The summed E-state index contributed by atoms with van der Waals surface area (Å²) in [6.07, 6.45) is -9.51. The molecule has 0 unspecified atom stereocenters. The maximum absolute atomic E-state index is 13.1. The lowest BCUT2D eigenvalue weighted by molar-refractivity contribution is -0.387. The first-order chi connectivity index (χ1) is 9.49. The summed E-state index contributed by atoms with van der Waals surface area (Å²) in [6.45, 7) is 0. The van der Waals surface area contributed by atoms with Crippen molar-refractivity contribution < 1.29 is 36.4 Å². The summed E-state index contributed by atoms with van der Waals surface area (Å²) in [6, 6.07) is 0.600. The molecule has 0 spiro atoms. The molecule has 1 rings (SSSR count). The highest BCUT2D eigenvalue weighted by atomic mass is 19.4. The van der Waals surface area contributed by atoms with Crippen LogP contribution >= 0.6 is 0 Å². The number of hydrogen-bond acceptors (Lipinski definition) is 5. The normalized spacial score (nSPS) is 11.9. The number of nitro groups is 1. The molecule has 1 amide bonds. The minimum Gasteiger partial charge on any atom is -0.418 e. The summed E-state index contributed by atoms with van der Waals surface area (Å²) in [5, 5.41) is 10.6. The first kappa shape index (κ1) is 16.6. The summed E-state index contributed by atoms with van der Waals surface area (Å²) in [5.74, 6) is 1.10.